The van der Waals surface area contributed by atoms with Gasteiger partial charge in [-0.05, 0) is 37.1 Å². The summed E-state index contributed by atoms with van der Waals surface area (Å²) in [5, 5.41) is 0. The Morgan fingerprint density at radius 1 is 0.632 bits per heavy atom. The third-order valence-electron chi connectivity index (χ3n) is 3.93. The normalized spacial score (nSPS) is 15.5. The standard InChI is InChI=1S/C18H39N/c1-15(2)9-8-10-17(5)11-12-18(6)14-19(7)13-16(3)4/h15-18H,8-14H2,1-7H3. The first kappa shape index (κ1) is 19.0. The van der Waals surface area contributed by atoms with E-state index < -0.39 is 0 Å². The highest BCUT2D eigenvalue weighted by Crippen LogP contribution is 2.19. The molecule has 0 amide bonds. The highest BCUT2D eigenvalue weighted by molar-refractivity contribution is 4.64. The summed E-state index contributed by atoms with van der Waals surface area (Å²) in [6, 6.07) is 0. The van der Waals surface area contributed by atoms with E-state index in [9.17, 15) is 0 Å². The van der Waals surface area contributed by atoms with E-state index in [0.717, 1.165) is 23.7 Å². The molecule has 116 valence electrons. The van der Waals surface area contributed by atoms with Crippen molar-refractivity contribution in [1.82, 2.24) is 4.90 Å². The Morgan fingerprint density at radius 3 is 1.74 bits per heavy atom. The van der Waals surface area contributed by atoms with Gasteiger partial charge in [-0.1, -0.05) is 67.2 Å². The third kappa shape index (κ3) is 12.7. The lowest BCUT2D eigenvalue weighted by Crippen LogP contribution is -2.28. The molecule has 0 aromatic heterocycles. The minimum Gasteiger partial charge on any atom is -0.306 e. The largest absolute Gasteiger partial charge is 0.306 e. The molecule has 1 heteroatoms. The van der Waals surface area contributed by atoms with Crippen LogP contribution in [0.1, 0.15) is 73.6 Å². The molecule has 0 spiro atoms. The van der Waals surface area contributed by atoms with Crippen molar-refractivity contribution in [3.05, 3.63) is 0 Å². The van der Waals surface area contributed by atoms with Crippen LogP contribution in [0, 0.1) is 23.7 Å². The molecule has 0 bridgehead atoms. The van der Waals surface area contributed by atoms with Crippen molar-refractivity contribution in [2.75, 3.05) is 20.1 Å². The van der Waals surface area contributed by atoms with E-state index in [1.54, 1.807) is 0 Å². The van der Waals surface area contributed by atoms with Crippen molar-refractivity contribution in [2.45, 2.75) is 73.6 Å². The fourth-order valence-electron chi connectivity index (χ4n) is 2.91. The topological polar surface area (TPSA) is 3.24 Å². The fraction of sp³-hybridized carbons (Fsp3) is 1.00. The maximum absolute atomic E-state index is 2.50. The van der Waals surface area contributed by atoms with Gasteiger partial charge in [-0.15, -0.1) is 0 Å². The van der Waals surface area contributed by atoms with Gasteiger partial charge in [-0.25, -0.2) is 0 Å². The lowest BCUT2D eigenvalue weighted by Gasteiger charge is -2.23. The molecule has 1 nitrogen and oxygen atoms in total. The van der Waals surface area contributed by atoms with E-state index in [4.69, 9.17) is 0 Å². The molecule has 19 heavy (non-hydrogen) atoms. The second-order valence-electron chi connectivity index (χ2n) is 7.73. The first-order valence-corrected chi connectivity index (χ1v) is 8.49. The van der Waals surface area contributed by atoms with Crippen LogP contribution < -0.4 is 0 Å². The molecule has 0 N–H and O–H groups in total. The zero-order chi connectivity index (χ0) is 14.8. The van der Waals surface area contributed by atoms with Crippen molar-refractivity contribution >= 4 is 0 Å². The number of hydrogen-bond donors (Lipinski definition) is 0. The lowest BCUT2D eigenvalue weighted by molar-refractivity contribution is 0.243. The van der Waals surface area contributed by atoms with Crippen LogP contribution in [-0.2, 0) is 0 Å². The zero-order valence-corrected chi connectivity index (χ0v) is 14.7. The molecule has 0 aromatic rings. The minimum atomic E-state index is 0.784. The van der Waals surface area contributed by atoms with Crippen LogP contribution in [0.3, 0.4) is 0 Å². The molecular weight excluding hydrogens is 230 g/mol. The first-order valence-electron chi connectivity index (χ1n) is 8.49. The Bertz CT molecular complexity index is 198. The smallest absolute Gasteiger partial charge is 0.000408 e. The van der Waals surface area contributed by atoms with Crippen LogP contribution >= 0.6 is 0 Å². The molecule has 0 rings (SSSR count). The van der Waals surface area contributed by atoms with Gasteiger partial charge < -0.3 is 4.90 Å². The molecule has 0 saturated carbocycles. The molecule has 0 saturated heterocycles. The Labute approximate surface area is 123 Å². The van der Waals surface area contributed by atoms with E-state index in [0.29, 0.717) is 0 Å². The maximum Gasteiger partial charge on any atom is 0.000408 e. The number of hydrogen-bond acceptors (Lipinski definition) is 1. The van der Waals surface area contributed by atoms with Crippen LogP contribution in [0.25, 0.3) is 0 Å². The molecule has 0 aliphatic heterocycles. The molecule has 0 aliphatic carbocycles. The summed E-state index contributed by atoms with van der Waals surface area (Å²) in [6.07, 6.45) is 7.05. The molecule has 0 aromatic carbocycles. The summed E-state index contributed by atoms with van der Waals surface area (Å²) in [6.45, 7) is 16.6. The molecule has 0 radical (unpaired) electrons. The van der Waals surface area contributed by atoms with E-state index in [1.165, 1.54) is 45.2 Å². The van der Waals surface area contributed by atoms with Crippen LogP contribution in [-0.4, -0.2) is 25.0 Å². The second kappa shape index (κ2) is 10.7. The summed E-state index contributed by atoms with van der Waals surface area (Å²) in [5.74, 6) is 3.41. The Kier molecular flexibility index (Phi) is 10.7. The van der Waals surface area contributed by atoms with Crippen LogP contribution in [0.5, 0.6) is 0 Å². The summed E-state index contributed by atoms with van der Waals surface area (Å²) in [5.41, 5.74) is 0. The van der Waals surface area contributed by atoms with Gasteiger partial charge in [0.05, 0.1) is 0 Å². The first-order chi connectivity index (χ1) is 8.81. The molecule has 0 fully saturated rings. The van der Waals surface area contributed by atoms with Gasteiger partial charge in [0.2, 0.25) is 0 Å². The highest BCUT2D eigenvalue weighted by atomic mass is 15.1. The van der Waals surface area contributed by atoms with Crippen molar-refractivity contribution in [3.8, 4) is 0 Å². The predicted octanol–water partition coefficient (Wildman–Crippen LogP) is 5.45. The molecular formula is C18H39N. The Morgan fingerprint density at radius 2 is 1.21 bits per heavy atom. The monoisotopic (exact) mass is 269 g/mol. The van der Waals surface area contributed by atoms with Crippen molar-refractivity contribution in [1.29, 1.82) is 0 Å². The van der Waals surface area contributed by atoms with Gasteiger partial charge in [0.1, 0.15) is 0 Å². The molecule has 0 aliphatic rings. The Balaban J connectivity index is 3.62. The average molecular weight is 270 g/mol. The van der Waals surface area contributed by atoms with Gasteiger partial charge in [-0.2, -0.15) is 0 Å². The lowest BCUT2D eigenvalue weighted by atomic mass is 9.92. The van der Waals surface area contributed by atoms with E-state index in [-0.39, 0.29) is 0 Å². The maximum atomic E-state index is 2.50. The van der Waals surface area contributed by atoms with Crippen molar-refractivity contribution in [3.63, 3.8) is 0 Å². The highest BCUT2D eigenvalue weighted by Gasteiger charge is 2.10. The minimum absolute atomic E-state index is 0.784. The molecule has 2 unspecified atom stereocenters. The SMILES string of the molecule is CC(C)CCCC(C)CCC(C)CN(C)CC(C)C. The summed E-state index contributed by atoms with van der Waals surface area (Å²) in [7, 11) is 2.27. The molecule has 2 atom stereocenters. The van der Waals surface area contributed by atoms with Gasteiger partial charge >= 0.3 is 0 Å². The summed E-state index contributed by atoms with van der Waals surface area (Å²) >= 11 is 0. The number of nitrogens with zero attached hydrogens (tertiary/aromatic N) is 1. The third-order valence-corrected chi connectivity index (χ3v) is 3.93. The van der Waals surface area contributed by atoms with Crippen LogP contribution in [0.15, 0.2) is 0 Å². The van der Waals surface area contributed by atoms with Gasteiger partial charge in [0, 0.05) is 13.1 Å². The van der Waals surface area contributed by atoms with E-state index in [2.05, 4.69) is 53.5 Å². The van der Waals surface area contributed by atoms with Gasteiger partial charge in [0.15, 0.2) is 0 Å². The van der Waals surface area contributed by atoms with Crippen molar-refractivity contribution < 1.29 is 0 Å². The van der Waals surface area contributed by atoms with Crippen LogP contribution in [0.4, 0.5) is 0 Å². The van der Waals surface area contributed by atoms with E-state index >= 15 is 0 Å². The van der Waals surface area contributed by atoms with E-state index in [1.807, 2.05) is 0 Å². The summed E-state index contributed by atoms with van der Waals surface area (Å²) < 4.78 is 0. The average Bonchev–Trinajstić information content (AvgIpc) is 2.24. The molecule has 0 heterocycles. The predicted molar refractivity (Wildman–Crippen MR) is 88.6 cm³/mol. The quantitative estimate of drug-likeness (QED) is 0.482. The van der Waals surface area contributed by atoms with Crippen LogP contribution in [0.2, 0.25) is 0 Å². The second-order valence-corrected chi connectivity index (χ2v) is 7.73. The Hall–Kier alpha value is -0.0400. The summed E-state index contributed by atoms with van der Waals surface area (Å²) in [4.78, 5) is 2.50. The van der Waals surface area contributed by atoms with Crippen molar-refractivity contribution in [2.24, 2.45) is 23.7 Å². The fourth-order valence-corrected chi connectivity index (χ4v) is 2.91. The van der Waals surface area contributed by atoms with Gasteiger partial charge in [-0.3, -0.25) is 0 Å². The number of rotatable bonds is 11. The van der Waals surface area contributed by atoms with Gasteiger partial charge in [0.25, 0.3) is 0 Å². The zero-order valence-electron chi connectivity index (χ0n) is 14.7.